The van der Waals surface area contributed by atoms with Crippen LogP contribution < -0.4 is 15.4 Å². The summed E-state index contributed by atoms with van der Waals surface area (Å²) in [6, 6.07) is 2.10. The van der Waals surface area contributed by atoms with Crippen molar-refractivity contribution in [3.8, 4) is 5.88 Å². The number of hydrogen-bond acceptors (Lipinski definition) is 4. The number of carbonyl (C=O) groups excluding carboxylic acids is 1. The average molecular weight is 369 g/mol. The van der Waals surface area contributed by atoms with Crippen LogP contribution in [0.2, 0.25) is 0 Å². The highest BCUT2D eigenvalue weighted by atomic mass is 19.4. The Morgan fingerprint density at radius 2 is 2.00 bits per heavy atom. The number of nitrogens with one attached hydrogen (secondary N) is 2. The van der Waals surface area contributed by atoms with Gasteiger partial charge in [-0.15, -0.1) is 13.2 Å². The van der Waals surface area contributed by atoms with E-state index >= 15 is 0 Å². The Morgan fingerprint density at radius 3 is 2.62 bits per heavy atom. The van der Waals surface area contributed by atoms with E-state index < -0.39 is 18.3 Å². The van der Waals surface area contributed by atoms with Gasteiger partial charge in [-0.25, -0.2) is 9.78 Å². The van der Waals surface area contributed by atoms with Gasteiger partial charge < -0.3 is 15.4 Å². The molecule has 2 amide bonds. The topological polar surface area (TPSA) is 81.1 Å². The fourth-order valence-corrected chi connectivity index (χ4v) is 2.60. The second-order valence-electron chi connectivity index (χ2n) is 6.24. The van der Waals surface area contributed by atoms with Crippen LogP contribution in [0.3, 0.4) is 0 Å². The van der Waals surface area contributed by atoms with Gasteiger partial charge in [0.1, 0.15) is 5.69 Å². The molecule has 2 aromatic heterocycles. The molecule has 2 aromatic rings. The van der Waals surface area contributed by atoms with E-state index in [-0.39, 0.29) is 11.7 Å². The molecule has 0 atom stereocenters. The highest BCUT2D eigenvalue weighted by molar-refractivity contribution is 6.00. The van der Waals surface area contributed by atoms with Crippen LogP contribution >= 0.6 is 0 Å². The van der Waals surface area contributed by atoms with E-state index in [0.29, 0.717) is 11.6 Å². The van der Waals surface area contributed by atoms with Crippen molar-refractivity contribution in [3.05, 3.63) is 30.2 Å². The smallest absolute Gasteiger partial charge is 0.386 e. The van der Waals surface area contributed by atoms with E-state index in [4.69, 9.17) is 0 Å². The highest BCUT2D eigenvalue weighted by Crippen LogP contribution is 2.44. The number of aromatic nitrogens is 3. The van der Waals surface area contributed by atoms with E-state index in [2.05, 4.69) is 25.5 Å². The van der Waals surface area contributed by atoms with Gasteiger partial charge in [0.05, 0.1) is 17.6 Å². The van der Waals surface area contributed by atoms with E-state index in [0.717, 1.165) is 24.7 Å². The minimum atomic E-state index is -4.90. The lowest BCUT2D eigenvalue weighted by atomic mass is 10.2. The number of nitrogens with zero attached hydrogens (tertiary/aromatic N) is 3. The predicted molar refractivity (Wildman–Crippen MR) is 88.1 cm³/mol. The number of halogens is 3. The van der Waals surface area contributed by atoms with Crippen LogP contribution in [0.4, 0.5) is 29.3 Å². The zero-order valence-electron chi connectivity index (χ0n) is 14.2. The second-order valence-corrected chi connectivity index (χ2v) is 6.24. The third kappa shape index (κ3) is 4.24. The first-order chi connectivity index (χ1) is 12.2. The molecule has 10 heteroatoms. The van der Waals surface area contributed by atoms with Crippen molar-refractivity contribution in [2.75, 3.05) is 10.6 Å². The van der Waals surface area contributed by atoms with Gasteiger partial charge in [0.25, 0.3) is 0 Å². The number of urea groups is 1. The quantitative estimate of drug-likeness (QED) is 0.824. The molecule has 140 valence electrons. The second kappa shape index (κ2) is 6.85. The Bertz CT molecular complexity index is 799. The van der Waals surface area contributed by atoms with E-state index in [1.807, 2.05) is 18.5 Å². The molecule has 2 N–H and O–H groups in total. The van der Waals surface area contributed by atoms with Crippen molar-refractivity contribution in [3.63, 3.8) is 0 Å². The van der Waals surface area contributed by atoms with Crippen LogP contribution in [-0.4, -0.2) is 27.2 Å². The minimum absolute atomic E-state index is 0.134. The molecule has 0 bridgehead atoms. The number of ether oxygens (including phenoxy) is 1. The molecule has 2 heterocycles. The summed E-state index contributed by atoms with van der Waals surface area (Å²) in [5, 5.41) is 9.27. The summed E-state index contributed by atoms with van der Waals surface area (Å²) < 4.78 is 43.0. The van der Waals surface area contributed by atoms with Crippen molar-refractivity contribution in [2.45, 2.75) is 45.0 Å². The number of alkyl halides is 3. The lowest BCUT2D eigenvalue weighted by molar-refractivity contribution is -0.275. The highest BCUT2D eigenvalue weighted by Gasteiger charge is 2.34. The molecule has 1 fully saturated rings. The summed E-state index contributed by atoms with van der Waals surface area (Å²) in [6.07, 6.45) is -0.188. The van der Waals surface area contributed by atoms with Crippen LogP contribution in [-0.2, 0) is 0 Å². The first-order valence-electron chi connectivity index (χ1n) is 8.11. The molecule has 3 rings (SSSR count). The van der Waals surface area contributed by atoms with Crippen molar-refractivity contribution < 1.29 is 22.7 Å². The van der Waals surface area contributed by atoms with Gasteiger partial charge in [-0.1, -0.05) is 0 Å². The Morgan fingerprint density at radius 1 is 1.31 bits per heavy atom. The zero-order valence-corrected chi connectivity index (χ0v) is 14.2. The molecule has 0 aliphatic heterocycles. The van der Waals surface area contributed by atoms with Gasteiger partial charge in [-0.05, 0) is 38.8 Å². The monoisotopic (exact) mass is 369 g/mol. The Balaban J connectivity index is 1.75. The van der Waals surface area contributed by atoms with Crippen LogP contribution in [0, 0.1) is 0 Å². The summed E-state index contributed by atoms with van der Waals surface area (Å²) in [4.78, 5) is 15.8. The minimum Gasteiger partial charge on any atom is -0.386 e. The molecule has 1 aliphatic rings. The molecule has 0 radical (unpaired) electrons. The normalized spacial score (nSPS) is 14.4. The largest absolute Gasteiger partial charge is 0.574 e. The number of anilines is 2. The van der Waals surface area contributed by atoms with Gasteiger partial charge >= 0.3 is 12.4 Å². The molecule has 26 heavy (non-hydrogen) atoms. The lowest BCUT2D eigenvalue weighted by Gasteiger charge is -2.14. The van der Waals surface area contributed by atoms with Crippen molar-refractivity contribution in [1.29, 1.82) is 0 Å². The maximum absolute atomic E-state index is 12.4. The Labute approximate surface area is 147 Å². The van der Waals surface area contributed by atoms with Crippen molar-refractivity contribution in [2.24, 2.45) is 0 Å². The predicted octanol–water partition coefficient (Wildman–Crippen LogP) is 4.28. The first kappa shape index (κ1) is 18.0. The van der Waals surface area contributed by atoms with Gasteiger partial charge in [0, 0.05) is 18.2 Å². The Hall–Kier alpha value is -2.78. The number of amides is 2. The van der Waals surface area contributed by atoms with E-state index in [1.54, 1.807) is 6.20 Å². The van der Waals surface area contributed by atoms with Crippen LogP contribution in [0.1, 0.15) is 44.3 Å². The standard InChI is InChI=1S/C16H18F3N5O2/c1-9(2)24-13(10-5-6-10)12(8-21-24)23-15(25)22-11-4-3-7-20-14(11)26-16(17,18)19/h3-4,7-10H,5-6H2,1-2H3,(H2,22,23,25). The van der Waals surface area contributed by atoms with Crippen molar-refractivity contribution in [1.82, 2.24) is 14.8 Å². The van der Waals surface area contributed by atoms with Gasteiger partial charge in [0.2, 0.25) is 5.88 Å². The maximum atomic E-state index is 12.4. The van der Waals surface area contributed by atoms with E-state index in [9.17, 15) is 18.0 Å². The van der Waals surface area contributed by atoms with Crippen LogP contribution in [0.25, 0.3) is 0 Å². The molecule has 1 saturated carbocycles. The summed E-state index contributed by atoms with van der Waals surface area (Å²) in [7, 11) is 0. The summed E-state index contributed by atoms with van der Waals surface area (Å²) in [5.41, 5.74) is 1.28. The molecule has 0 saturated heterocycles. The number of rotatable bonds is 5. The lowest BCUT2D eigenvalue weighted by Crippen LogP contribution is -2.23. The molecule has 0 spiro atoms. The number of carbonyl (C=O) groups is 1. The van der Waals surface area contributed by atoms with E-state index in [1.165, 1.54) is 12.1 Å². The summed E-state index contributed by atoms with van der Waals surface area (Å²) in [5.74, 6) is -0.395. The Kier molecular flexibility index (Phi) is 4.75. The SMILES string of the molecule is CC(C)n1ncc(NC(=O)Nc2cccnc2OC(F)(F)F)c1C1CC1. The number of pyridine rings is 1. The molecular weight excluding hydrogens is 351 g/mol. The molecule has 0 aromatic carbocycles. The van der Waals surface area contributed by atoms with Crippen LogP contribution in [0.5, 0.6) is 5.88 Å². The molecular formula is C16H18F3N5O2. The van der Waals surface area contributed by atoms with Crippen molar-refractivity contribution >= 4 is 17.4 Å². The fraction of sp³-hybridized carbons (Fsp3) is 0.438. The summed E-state index contributed by atoms with van der Waals surface area (Å²) >= 11 is 0. The third-order valence-corrected chi connectivity index (χ3v) is 3.77. The van der Waals surface area contributed by atoms with Gasteiger partial charge in [-0.2, -0.15) is 5.10 Å². The maximum Gasteiger partial charge on any atom is 0.574 e. The fourth-order valence-electron chi connectivity index (χ4n) is 2.60. The molecule has 1 aliphatic carbocycles. The molecule has 7 nitrogen and oxygen atoms in total. The van der Waals surface area contributed by atoms with Crippen LogP contribution in [0.15, 0.2) is 24.5 Å². The van der Waals surface area contributed by atoms with Gasteiger partial charge in [0.15, 0.2) is 0 Å². The molecule has 0 unspecified atom stereocenters. The summed E-state index contributed by atoms with van der Waals surface area (Å²) in [6.45, 7) is 3.97. The number of hydrogen-bond donors (Lipinski definition) is 2. The average Bonchev–Trinajstić information content (AvgIpc) is 3.28. The zero-order chi connectivity index (χ0) is 18.9. The first-order valence-corrected chi connectivity index (χ1v) is 8.11. The van der Waals surface area contributed by atoms with Gasteiger partial charge in [-0.3, -0.25) is 4.68 Å². The third-order valence-electron chi connectivity index (χ3n) is 3.77.